The maximum Gasteiger partial charge on any atom is 0.266 e. The molecular weight excluding hydrogens is 306 g/mol. The average Bonchev–Trinajstić information content (AvgIpc) is 3.26. The van der Waals surface area contributed by atoms with Crippen molar-refractivity contribution in [2.24, 2.45) is 0 Å². The van der Waals surface area contributed by atoms with Gasteiger partial charge in [-0.15, -0.1) is 0 Å². The number of hydrogen-bond acceptors (Lipinski definition) is 4. The van der Waals surface area contributed by atoms with Crippen molar-refractivity contribution in [1.29, 1.82) is 0 Å². The highest BCUT2D eigenvalue weighted by Gasteiger charge is 2.22. The second-order valence-electron chi connectivity index (χ2n) is 6.03. The van der Waals surface area contributed by atoms with E-state index < -0.39 is 6.10 Å². The van der Waals surface area contributed by atoms with Crippen molar-refractivity contribution < 1.29 is 14.3 Å². The van der Waals surface area contributed by atoms with Crippen LogP contribution in [0.3, 0.4) is 0 Å². The van der Waals surface area contributed by atoms with Gasteiger partial charge >= 0.3 is 0 Å². The maximum atomic E-state index is 12.4. The smallest absolute Gasteiger partial charge is 0.266 e. The third-order valence-corrected chi connectivity index (χ3v) is 4.32. The number of aromatic nitrogens is 2. The fourth-order valence-corrected chi connectivity index (χ4v) is 3.01. The van der Waals surface area contributed by atoms with Crippen LogP contribution >= 0.6 is 0 Å². The lowest BCUT2D eigenvalue weighted by atomic mass is 10.2. The second kappa shape index (κ2) is 7.38. The molecule has 1 saturated carbocycles. The number of amides is 1. The second-order valence-corrected chi connectivity index (χ2v) is 6.03. The average molecular weight is 329 g/mol. The van der Waals surface area contributed by atoms with E-state index in [1.807, 2.05) is 22.9 Å². The van der Waals surface area contributed by atoms with Crippen molar-refractivity contribution in [2.45, 2.75) is 44.8 Å². The molecule has 0 aliphatic heterocycles. The molecule has 1 unspecified atom stereocenters. The maximum absolute atomic E-state index is 12.4. The van der Waals surface area contributed by atoms with Gasteiger partial charge in [-0.05, 0) is 31.9 Å². The molecule has 24 heavy (non-hydrogen) atoms. The summed E-state index contributed by atoms with van der Waals surface area (Å²) >= 11 is 0. The SMILES string of the molecule is COc1cccc(OC(C)C(=O)Nc2ccnn2C2CCCC2)c1. The van der Waals surface area contributed by atoms with Gasteiger partial charge in [-0.25, -0.2) is 4.68 Å². The van der Waals surface area contributed by atoms with Gasteiger partial charge in [0.2, 0.25) is 0 Å². The first-order valence-corrected chi connectivity index (χ1v) is 8.32. The van der Waals surface area contributed by atoms with Gasteiger partial charge in [-0.3, -0.25) is 4.79 Å². The molecule has 0 radical (unpaired) electrons. The Bertz CT molecular complexity index is 692. The highest BCUT2D eigenvalue weighted by molar-refractivity contribution is 5.93. The van der Waals surface area contributed by atoms with Crippen LogP contribution in [0.15, 0.2) is 36.5 Å². The van der Waals surface area contributed by atoms with Crippen molar-refractivity contribution in [2.75, 3.05) is 12.4 Å². The number of ether oxygens (including phenoxy) is 2. The molecule has 1 atom stereocenters. The normalized spacial score (nSPS) is 15.9. The quantitative estimate of drug-likeness (QED) is 0.882. The standard InChI is InChI=1S/C18H23N3O3/c1-13(24-16-9-5-8-15(12-16)23-2)18(22)20-17-10-11-19-21(17)14-6-3-4-7-14/h5,8-14H,3-4,6-7H2,1-2H3,(H,20,22). The molecule has 0 spiro atoms. The van der Waals surface area contributed by atoms with E-state index in [1.165, 1.54) is 12.8 Å². The van der Waals surface area contributed by atoms with E-state index >= 15 is 0 Å². The third-order valence-electron chi connectivity index (χ3n) is 4.32. The molecule has 1 N–H and O–H groups in total. The zero-order chi connectivity index (χ0) is 16.9. The number of carbonyl (C=O) groups is 1. The predicted octanol–water partition coefficient (Wildman–Crippen LogP) is 3.41. The van der Waals surface area contributed by atoms with Gasteiger partial charge in [-0.1, -0.05) is 18.9 Å². The Balaban J connectivity index is 1.63. The first kappa shape index (κ1) is 16.4. The largest absolute Gasteiger partial charge is 0.497 e. The van der Waals surface area contributed by atoms with Crippen LogP contribution in [0.4, 0.5) is 5.82 Å². The summed E-state index contributed by atoms with van der Waals surface area (Å²) in [7, 11) is 1.60. The number of nitrogens with zero attached hydrogens (tertiary/aromatic N) is 2. The fraction of sp³-hybridized carbons (Fsp3) is 0.444. The van der Waals surface area contributed by atoms with Gasteiger partial charge in [-0.2, -0.15) is 5.10 Å². The number of carbonyl (C=O) groups excluding carboxylic acids is 1. The Morgan fingerprint density at radius 2 is 2.04 bits per heavy atom. The van der Waals surface area contributed by atoms with E-state index in [0.717, 1.165) is 18.7 Å². The first-order chi connectivity index (χ1) is 11.7. The fourth-order valence-electron chi connectivity index (χ4n) is 3.01. The molecule has 6 nitrogen and oxygen atoms in total. The van der Waals surface area contributed by atoms with Gasteiger partial charge in [0.25, 0.3) is 5.91 Å². The molecule has 1 aliphatic rings. The van der Waals surface area contributed by atoms with Gasteiger partial charge in [0.15, 0.2) is 6.10 Å². The van der Waals surface area contributed by atoms with E-state index in [9.17, 15) is 4.79 Å². The number of nitrogens with one attached hydrogen (secondary N) is 1. The van der Waals surface area contributed by atoms with Gasteiger partial charge in [0.1, 0.15) is 17.3 Å². The van der Waals surface area contributed by atoms with E-state index in [4.69, 9.17) is 9.47 Å². The molecule has 6 heteroatoms. The molecule has 3 rings (SSSR count). The minimum Gasteiger partial charge on any atom is -0.497 e. The Morgan fingerprint density at radius 1 is 1.29 bits per heavy atom. The van der Waals surface area contributed by atoms with Crippen molar-refractivity contribution >= 4 is 11.7 Å². The predicted molar refractivity (Wildman–Crippen MR) is 91.4 cm³/mol. The van der Waals surface area contributed by atoms with Crippen molar-refractivity contribution in [3.63, 3.8) is 0 Å². The first-order valence-electron chi connectivity index (χ1n) is 8.32. The van der Waals surface area contributed by atoms with Crippen LogP contribution in [-0.4, -0.2) is 28.9 Å². The Hall–Kier alpha value is -2.50. The minimum atomic E-state index is -0.621. The summed E-state index contributed by atoms with van der Waals surface area (Å²) in [5.41, 5.74) is 0. The summed E-state index contributed by atoms with van der Waals surface area (Å²) in [6.45, 7) is 1.73. The number of anilines is 1. The molecule has 0 bridgehead atoms. The zero-order valence-corrected chi connectivity index (χ0v) is 14.1. The molecule has 1 fully saturated rings. The van der Waals surface area contributed by atoms with Gasteiger partial charge < -0.3 is 14.8 Å². The van der Waals surface area contributed by atoms with Crippen LogP contribution in [0.1, 0.15) is 38.6 Å². The lowest BCUT2D eigenvalue weighted by molar-refractivity contribution is -0.122. The van der Waals surface area contributed by atoms with Gasteiger partial charge in [0, 0.05) is 12.1 Å². The lowest BCUT2D eigenvalue weighted by Gasteiger charge is -2.18. The Labute approximate surface area is 141 Å². The van der Waals surface area contributed by atoms with Crippen LogP contribution in [-0.2, 0) is 4.79 Å². The van der Waals surface area contributed by atoms with Crippen LogP contribution < -0.4 is 14.8 Å². The summed E-state index contributed by atoms with van der Waals surface area (Å²) in [5.74, 6) is 1.83. The van der Waals surface area contributed by atoms with E-state index in [0.29, 0.717) is 17.5 Å². The van der Waals surface area contributed by atoms with E-state index in [1.54, 1.807) is 32.4 Å². The summed E-state index contributed by atoms with van der Waals surface area (Å²) in [6.07, 6.45) is 5.76. The van der Waals surface area contributed by atoms with Crippen molar-refractivity contribution in [1.82, 2.24) is 9.78 Å². The molecule has 2 aromatic rings. The summed E-state index contributed by atoms with van der Waals surface area (Å²) in [5, 5.41) is 7.28. The van der Waals surface area contributed by atoms with Crippen LogP contribution in [0.2, 0.25) is 0 Å². The molecule has 1 aliphatic carbocycles. The highest BCUT2D eigenvalue weighted by Crippen LogP contribution is 2.31. The van der Waals surface area contributed by atoms with E-state index in [2.05, 4.69) is 10.4 Å². The zero-order valence-electron chi connectivity index (χ0n) is 14.1. The molecule has 1 aromatic carbocycles. The van der Waals surface area contributed by atoms with Crippen LogP contribution in [0, 0.1) is 0 Å². The molecule has 1 heterocycles. The van der Waals surface area contributed by atoms with Crippen LogP contribution in [0.25, 0.3) is 0 Å². The monoisotopic (exact) mass is 329 g/mol. The topological polar surface area (TPSA) is 65.4 Å². The number of rotatable bonds is 6. The molecule has 128 valence electrons. The Morgan fingerprint density at radius 3 is 2.79 bits per heavy atom. The van der Waals surface area contributed by atoms with Crippen molar-refractivity contribution in [3.8, 4) is 11.5 Å². The summed E-state index contributed by atoms with van der Waals surface area (Å²) in [6, 6.07) is 9.42. The van der Waals surface area contributed by atoms with Crippen molar-refractivity contribution in [3.05, 3.63) is 36.5 Å². The highest BCUT2D eigenvalue weighted by atomic mass is 16.5. The molecule has 1 aromatic heterocycles. The number of methoxy groups -OCH3 is 1. The third kappa shape index (κ3) is 3.69. The summed E-state index contributed by atoms with van der Waals surface area (Å²) < 4.78 is 12.8. The number of hydrogen-bond donors (Lipinski definition) is 1. The molecular formula is C18H23N3O3. The van der Waals surface area contributed by atoms with E-state index in [-0.39, 0.29) is 5.91 Å². The number of benzene rings is 1. The Kier molecular flexibility index (Phi) is 5.03. The molecule has 0 saturated heterocycles. The van der Waals surface area contributed by atoms with Gasteiger partial charge in [0.05, 0.1) is 19.3 Å². The molecule has 1 amide bonds. The minimum absolute atomic E-state index is 0.197. The van der Waals surface area contributed by atoms with Crippen LogP contribution in [0.5, 0.6) is 11.5 Å². The summed E-state index contributed by atoms with van der Waals surface area (Å²) in [4.78, 5) is 12.4. The lowest BCUT2D eigenvalue weighted by Crippen LogP contribution is -2.31.